The Morgan fingerprint density at radius 1 is 1.50 bits per heavy atom. The highest BCUT2D eigenvalue weighted by Crippen LogP contribution is 2.45. The first kappa shape index (κ1) is 8.66. The van der Waals surface area contributed by atoms with Gasteiger partial charge in [0.05, 0.1) is 17.5 Å². The second kappa shape index (κ2) is 3.09. The normalized spacial score (nSPS) is 34.9. The third-order valence-electron chi connectivity index (χ3n) is 2.93. The molecule has 70 valence electrons. The Hall–Kier alpha value is 0.0700. The van der Waals surface area contributed by atoms with Gasteiger partial charge in [-0.15, -0.1) is 0 Å². The Kier molecular flexibility index (Phi) is 2.23. The fourth-order valence-electron chi connectivity index (χ4n) is 2.11. The van der Waals surface area contributed by atoms with Crippen molar-refractivity contribution in [2.45, 2.75) is 43.8 Å². The maximum Gasteiger partial charge on any atom is 0.155 e. The molecule has 1 aliphatic carbocycles. The number of ether oxygens (including phenoxy) is 1. The summed E-state index contributed by atoms with van der Waals surface area (Å²) in [6.07, 6.45) is 5.66. The fraction of sp³-hybridized carbons (Fsp3) is 1.00. The lowest BCUT2D eigenvalue weighted by Gasteiger charge is -2.37. The molecule has 1 saturated carbocycles. The van der Waals surface area contributed by atoms with Gasteiger partial charge in [0.15, 0.2) is 11.1 Å². The second-order valence-corrected chi connectivity index (χ2v) is 4.78. The highest BCUT2D eigenvalue weighted by molar-refractivity contribution is 7.79. The van der Waals surface area contributed by atoms with Gasteiger partial charge in [0.2, 0.25) is 0 Å². The number of rotatable bonds is 2. The largest absolute Gasteiger partial charge is 0.371 e. The molecule has 4 heteroatoms. The highest BCUT2D eigenvalue weighted by atomic mass is 32.2. The first-order valence-electron chi connectivity index (χ1n) is 4.45. The van der Waals surface area contributed by atoms with Gasteiger partial charge in [-0.3, -0.25) is 0 Å². The van der Waals surface area contributed by atoms with Crippen molar-refractivity contribution in [2.24, 2.45) is 0 Å². The summed E-state index contributed by atoms with van der Waals surface area (Å²) in [7, 11) is 0. The Bertz CT molecular complexity index is 200. The maximum atomic E-state index is 10.5. The molecule has 3 nitrogen and oxygen atoms in total. The molecule has 1 N–H and O–H groups in total. The van der Waals surface area contributed by atoms with Crippen LogP contribution in [0.15, 0.2) is 0 Å². The summed E-state index contributed by atoms with van der Waals surface area (Å²) >= 11 is -1.69. The zero-order valence-corrected chi connectivity index (χ0v) is 7.81. The van der Waals surface area contributed by atoms with Crippen molar-refractivity contribution in [1.82, 2.24) is 0 Å². The lowest BCUT2D eigenvalue weighted by atomic mass is 9.78. The van der Waals surface area contributed by atoms with Crippen LogP contribution in [0.25, 0.3) is 0 Å². The molecule has 0 radical (unpaired) electrons. The summed E-state index contributed by atoms with van der Waals surface area (Å²) in [5, 5.41) is 0. The first-order valence-corrected chi connectivity index (χ1v) is 5.73. The third-order valence-corrected chi connectivity index (χ3v) is 3.59. The van der Waals surface area contributed by atoms with E-state index in [1.54, 1.807) is 0 Å². The second-order valence-electron chi connectivity index (χ2n) is 3.80. The molecule has 2 aliphatic rings. The molecule has 0 amide bonds. The molecule has 1 spiro atoms. The standard InChI is InChI=1S/C8H14O3S/c9-12(10)6-7-2-5-8(11-7)3-1-4-8/h7H,1-6H2,(H,9,10). The van der Waals surface area contributed by atoms with Crippen molar-refractivity contribution in [3.63, 3.8) is 0 Å². The van der Waals surface area contributed by atoms with Crippen LogP contribution in [0.5, 0.6) is 0 Å². The zero-order valence-electron chi connectivity index (χ0n) is 6.99. The average Bonchev–Trinajstić information content (AvgIpc) is 2.29. The molecule has 2 fully saturated rings. The Morgan fingerprint density at radius 2 is 2.25 bits per heavy atom. The van der Waals surface area contributed by atoms with Crippen LogP contribution in [0.2, 0.25) is 0 Å². The molecule has 2 unspecified atom stereocenters. The van der Waals surface area contributed by atoms with Gasteiger partial charge >= 0.3 is 0 Å². The van der Waals surface area contributed by atoms with Crippen molar-refractivity contribution in [3.05, 3.63) is 0 Å². The molecule has 12 heavy (non-hydrogen) atoms. The molecule has 1 heterocycles. The summed E-state index contributed by atoms with van der Waals surface area (Å²) in [6.45, 7) is 0. The summed E-state index contributed by atoms with van der Waals surface area (Å²) in [4.78, 5) is 0. The van der Waals surface area contributed by atoms with Crippen molar-refractivity contribution in [1.29, 1.82) is 0 Å². The summed E-state index contributed by atoms with van der Waals surface area (Å²) in [5.74, 6) is 0.293. The van der Waals surface area contributed by atoms with Gasteiger partial charge in [-0.05, 0) is 32.1 Å². The van der Waals surface area contributed by atoms with Crippen LogP contribution in [0.1, 0.15) is 32.1 Å². The fourth-order valence-corrected chi connectivity index (χ4v) is 2.66. The van der Waals surface area contributed by atoms with Crippen LogP contribution in [-0.4, -0.2) is 26.2 Å². The van der Waals surface area contributed by atoms with Crippen LogP contribution >= 0.6 is 0 Å². The quantitative estimate of drug-likeness (QED) is 0.668. The molecule has 0 aromatic rings. The summed E-state index contributed by atoms with van der Waals surface area (Å²) in [6, 6.07) is 0. The maximum absolute atomic E-state index is 10.5. The molecule has 1 saturated heterocycles. The van der Waals surface area contributed by atoms with Crippen LogP contribution in [-0.2, 0) is 15.8 Å². The van der Waals surface area contributed by atoms with E-state index in [2.05, 4.69) is 0 Å². The average molecular weight is 190 g/mol. The molecule has 2 rings (SSSR count). The van der Waals surface area contributed by atoms with E-state index >= 15 is 0 Å². The SMILES string of the molecule is O=S(O)CC1CCC2(CCC2)O1. The summed E-state index contributed by atoms with van der Waals surface area (Å²) < 4.78 is 24.9. The lowest BCUT2D eigenvalue weighted by molar-refractivity contribution is -0.0842. The van der Waals surface area contributed by atoms with E-state index in [9.17, 15) is 4.21 Å². The van der Waals surface area contributed by atoms with Crippen LogP contribution in [0.4, 0.5) is 0 Å². The topological polar surface area (TPSA) is 46.5 Å². The molecule has 1 aliphatic heterocycles. The van der Waals surface area contributed by atoms with Crippen molar-refractivity contribution in [2.75, 3.05) is 5.75 Å². The number of hydrogen-bond acceptors (Lipinski definition) is 2. The minimum absolute atomic E-state index is 0.0381. The monoisotopic (exact) mass is 190 g/mol. The van der Waals surface area contributed by atoms with Crippen LogP contribution in [0, 0.1) is 0 Å². The third kappa shape index (κ3) is 1.56. The minimum Gasteiger partial charge on any atom is -0.371 e. The van der Waals surface area contributed by atoms with E-state index < -0.39 is 11.1 Å². The highest BCUT2D eigenvalue weighted by Gasteiger charge is 2.44. The Balaban J connectivity index is 1.85. The van der Waals surface area contributed by atoms with Gasteiger partial charge in [-0.25, -0.2) is 4.21 Å². The molecular formula is C8H14O3S. The molecular weight excluding hydrogens is 176 g/mol. The van der Waals surface area contributed by atoms with Gasteiger partial charge in [-0.2, -0.15) is 0 Å². The van der Waals surface area contributed by atoms with E-state index in [4.69, 9.17) is 9.29 Å². The molecule has 0 bridgehead atoms. The smallest absolute Gasteiger partial charge is 0.155 e. The van der Waals surface area contributed by atoms with E-state index in [1.807, 2.05) is 0 Å². The van der Waals surface area contributed by atoms with Gasteiger partial charge in [0, 0.05) is 0 Å². The van der Waals surface area contributed by atoms with Gasteiger partial charge in [-0.1, -0.05) is 0 Å². The van der Waals surface area contributed by atoms with E-state index in [1.165, 1.54) is 6.42 Å². The molecule has 0 aromatic carbocycles. The Morgan fingerprint density at radius 3 is 2.67 bits per heavy atom. The van der Waals surface area contributed by atoms with Crippen LogP contribution in [0.3, 0.4) is 0 Å². The van der Waals surface area contributed by atoms with E-state index in [0.29, 0.717) is 5.75 Å². The van der Waals surface area contributed by atoms with Crippen molar-refractivity contribution in [3.8, 4) is 0 Å². The van der Waals surface area contributed by atoms with Gasteiger partial charge in [0.1, 0.15) is 0 Å². The van der Waals surface area contributed by atoms with Crippen molar-refractivity contribution >= 4 is 11.1 Å². The van der Waals surface area contributed by atoms with E-state index in [-0.39, 0.29) is 11.7 Å². The van der Waals surface area contributed by atoms with Crippen LogP contribution < -0.4 is 0 Å². The molecule has 2 atom stereocenters. The first-order chi connectivity index (χ1) is 5.70. The van der Waals surface area contributed by atoms with E-state index in [0.717, 1.165) is 25.7 Å². The minimum atomic E-state index is -1.69. The predicted molar refractivity (Wildman–Crippen MR) is 46.3 cm³/mol. The lowest BCUT2D eigenvalue weighted by Crippen LogP contribution is -2.37. The Labute approximate surface area is 74.8 Å². The summed E-state index contributed by atoms with van der Waals surface area (Å²) in [5.41, 5.74) is 0.129. The van der Waals surface area contributed by atoms with Crippen molar-refractivity contribution < 1.29 is 13.5 Å². The molecule has 0 aromatic heterocycles. The number of hydrogen-bond donors (Lipinski definition) is 1. The van der Waals surface area contributed by atoms with Gasteiger partial charge in [0.25, 0.3) is 0 Å². The predicted octanol–water partition coefficient (Wildman–Crippen LogP) is 1.31. The van der Waals surface area contributed by atoms with Gasteiger partial charge < -0.3 is 9.29 Å². The zero-order chi connectivity index (χ0) is 8.60.